The second-order valence-corrected chi connectivity index (χ2v) is 4.30. The Morgan fingerprint density at radius 3 is 2.75 bits per heavy atom. The van der Waals surface area contributed by atoms with Gasteiger partial charge in [-0.1, -0.05) is 0 Å². The number of carbonyl (C=O) groups excluding carboxylic acids is 1. The lowest BCUT2D eigenvalue weighted by Gasteiger charge is -2.14. The van der Waals surface area contributed by atoms with Crippen molar-refractivity contribution in [3.63, 3.8) is 0 Å². The molecule has 1 aliphatic rings. The van der Waals surface area contributed by atoms with Crippen molar-refractivity contribution in [3.05, 3.63) is 29.6 Å². The highest BCUT2D eigenvalue weighted by molar-refractivity contribution is 6.19. The summed E-state index contributed by atoms with van der Waals surface area (Å²) in [7, 11) is 0. The van der Waals surface area contributed by atoms with Gasteiger partial charge in [0.25, 0.3) is 5.91 Å². The summed E-state index contributed by atoms with van der Waals surface area (Å²) in [5.74, 6) is -1.09. The van der Waals surface area contributed by atoms with Gasteiger partial charge in [-0.25, -0.2) is 4.39 Å². The van der Waals surface area contributed by atoms with Crippen molar-refractivity contribution in [2.75, 3.05) is 5.88 Å². The third-order valence-corrected chi connectivity index (χ3v) is 3.20. The molecule has 0 aliphatic heterocycles. The van der Waals surface area contributed by atoms with E-state index in [1.807, 2.05) is 0 Å². The Labute approximate surface area is 97.2 Å². The first kappa shape index (κ1) is 11.2. The highest BCUT2D eigenvalue weighted by Gasteiger charge is 2.43. The van der Waals surface area contributed by atoms with Crippen LogP contribution in [0.5, 0.6) is 5.75 Å². The number of hydrogen-bond acceptors (Lipinski definition) is 2. The van der Waals surface area contributed by atoms with E-state index < -0.39 is 11.7 Å². The third kappa shape index (κ3) is 2.11. The van der Waals surface area contributed by atoms with Gasteiger partial charge in [0.15, 0.2) is 0 Å². The number of nitrogens with one attached hydrogen (secondary N) is 1. The van der Waals surface area contributed by atoms with Crippen LogP contribution in [0.2, 0.25) is 0 Å². The molecule has 0 aromatic heterocycles. The molecule has 0 unspecified atom stereocenters. The van der Waals surface area contributed by atoms with E-state index >= 15 is 0 Å². The lowest BCUT2D eigenvalue weighted by Crippen LogP contribution is -2.38. The van der Waals surface area contributed by atoms with Gasteiger partial charge in [-0.15, -0.1) is 11.6 Å². The Hall–Kier alpha value is -1.29. The summed E-state index contributed by atoms with van der Waals surface area (Å²) in [6, 6.07) is 3.44. The number of alkyl halides is 1. The van der Waals surface area contributed by atoms with Gasteiger partial charge in [0.1, 0.15) is 11.6 Å². The summed E-state index contributed by atoms with van der Waals surface area (Å²) in [4.78, 5) is 11.7. The molecule has 86 valence electrons. The van der Waals surface area contributed by atoms with Gasteiger partial charge in [0.05, 0.1) is 11.1 Å². The topological polar surface area (TPSA) is 49.3 Å². The van der Waals surface area contributed by atoms with Crippen molar-refractivity contribution >= 4 is 17.5 Å². The van der Waals surface area contributed by atoms with Crippen LogP contribution in [-0.2, 0) is 0 Å². The molecule has 1 fully saturated rings. The van der Waals surface area contributed by atoms with Crippen molar-refractivity contribution in [2.45, 2.75) is 18.4 Å². The minimum Gasteiger partial charge on any atom is -0.508 e. The summed E-state index contributed by atoms with van der Waals surface area (Å²) in [6.45, 7) is 0. The van der Waals surface area contributed by atoms with Crippen LogP contribution in [0.15, 0.2) is 18.2 Å². The molecule has 16 heavy (non-hydrogen) atoms. The molecule has 0 atom stereocenters. The number of amides is 1. The first-order valence-corrected chi connectivity index (χ1v) is 5.47. The monoisotopic (exact) mass is 243 g/mol. The number of phenolic OH excluding ortho intramolecular Hbond substituents is 1. The van der Waals surface area contributed by atoms with Crippen LogP contribution >= 0.6 is 11.6 Å². The van der Waals surface area contributed by atoms with Gasteiger partial charge in [-0.3, -0.25) is 4.79 Å². The van der Waals surface area contributed by atoms with Crippen LogP contribution in [0.1, 0.15) is 23.2 Å². The van der Waals surface area contributed by atoms with E-state index in [9.17, 15) is 9.18 Å². The summed E-state index contributed by atoms with van der Waals surface area (Å²) in [6.07, 6.45) is 1.64. The fourth-order valence-corrected chi connectivity index (χ4v) is 1.77. The zero-order chi connectivity index (χ0) is 11.8. The van der Waals surface area contributed by atoms with E-state index in [2.05, 4.69) is 5.32 Å². The molecule has 0 spiro atoms. The Morgan fingerprint density at radius 1 is 1.56 bits per heavy atom. The molecule has 0 bridgehead atoms. The maximum Gasteiger partial charge on any atom is 0.254 e. The molecule has 1 aromatic carbocycles. The van der Waals surface area contributed by atoms with E-state index in [1.165, 1.54) is 12.1 Å². The predicted octanol–water partition coefficient (Wildman–Crippen LogP) is 2.03. The number of hydrogen-bond donors (Lipinski definition) is 2. The average Bonchev–Trinajstić information content (AvgIpc) is 2.98. The van der Waals surface area contributed by atoms with Crippen LogP contribution in [0.25, 0.3) is 0 Å². The van der Waals surface area contributed by atoms with Crippen molar-refractivity contribution < 1.29 is 14.3 Å². The Balaban J connectivity index is 2.15. The molecule has 1 aliphatic carbocycles. The zero-order valence-electron chi connectivity index (χ0n) is 8.46. The molecule has 0 heterocycles. The number of carbonyl (C=O) groups is 1. The van der Waals surface area contributed by atoms with Gasteiger partial charge in [0.2, 0.25) is 0 Å². The molecular weight excluding hydrogens is 233 g/mol. The SMILES string of the molecule is O=C(NC1(CCl)CC1)c1ccc(O)cc1F. The van der Waals surface area contributed by atoms with Crippen LogP contribution < -0.4 is 5.32 Å². The van der Waals surface area contributed by atoms with Crippen LogP contribution in [0.3, 0.4) is 0 Å². The normalized spacial score (nSPS) is 16.9. The average molecular weight is 244 g/mol. The standard InChI is InChI=1S/C11H11ClFNO2/c12-6-11(3-4-11)14-10(16)8-2-1-7(15)5-9(8)13/h1-2,5,15H,3-4,6H2,(H,14,16). The Kier molecular flexibility index (Phi) is 2.76. The maximum absolute atomic E-state index is 13.3. The number of phenols is 1. The highest BCUT2D eigenvalue weighted by atomic mass is 35.5. The van der Waals surface area contributed by atoms with E-state index in [-0.39, 0.29) is 16.9 Å². The third-order valence-electron chi connectivity index (χ3n) is 2.69. The van der Waals surface area contributed by atoms with Crippen molar-refractivity contribution in [1.29, 1.82) is 0 Å². The fourth-order valence-electron chi connectivity index (χ4n) is 1.44. The van der Waals surface area contributed by atoms with Crippen LogP contribution in [0.4, 0.5) is 4.39 Å². The van der Waals surface area contributed by atoms with Crippen molar-refractivity contribution in [1.82, 2.24) is 5.32 Å². The van der Waals surface area contributed by atoms with Crippen LogP contribution in [-0.4, -0.2) is 22.4 Å². The molecule has 2 N–H and O–H groups in total. The fraction of sp³-hybridized carbons (Fsp3) is 0.364. The van der Waals surface area contributed by atoms with Crippen LogP contribution in [0, 0.1) is 5.82 Å². The van der Waals surface area contributed by atoms with E-state index in [1.54, 1.807) is 0 Å². The number of benzene rings is 1. The maximum atomic E-state index is 13.3. The minimum atomic E-state index is -0.733. The quantitative estimate of drug-likeness (QED) is 0.798. The van der Waals surface area contributed by atoms with Crippen molar-refractivity contribution in [3.8, 4) is 5.75 Å². The molecule has 1 amide bonds. The first-order valence-electron chi connectivity index (χ1n) is 4.93. The number of halogens is 2. The highest BCUT2D eigenvalue weighted by Crippen LogP contribution is 2.36. The molecule has 1 saturated carbocycles. The lowest BCUT2D eigenvalue weighted by molar-refractivity contribution is 0.0932. The van der Waals surface area contributed by atoms with Gasteiger partial charge in [0, 0.05) is 11.9 Å². The zero-order valence-corrected chi connectivity index (χ0v) is 9.22. The van der Waals surface area contributed by atoms with Gasteiger partial charge < -0.3 is 10.4 Å². The summed E-state index contributed by atoms with van der Waals surface area (Å²) in [5.41, 5.74) is -0.433. The largest absolute Gasteiger partial charge is 0.508 e. The molecular formula is C11H11ClFNO2. The smallest absolute Gasteiger partial charge is 0.254 e. The molecule has 2 rings (SSSR count). The summed E-state index contributed by atoms with van der Waals surface area (Å²) in [5, 5.41) is 11.7. The molecule has 3 nitrogen and oxygen atoms in total. The lowest BCUT2D eigenvalue weighted by atomic mass is 10.1. The molecule has 1 aromatic rings. The molecule has 5 heteroatoms. The summed E-state index contributed by atoms with van der Waals surface area (Å²) >= 11 is 5.70. The molecule has 0 saturated heterocycles. The van der Waals surface area contributed by atoms with Gasteiger partial charge >= 0.3 is 0 Å². The van der Waals surface area contributed by atoms with E-state index in [0.29, 0.717) is 5.88 Å². The molecule has 0 radical (unpaired) electrons. The first-order chi connectivity index (χ1) is 7.56. The second-order valence-electron chi connectivity index (χ2n) is 4.03. The number of rotatable bonds is 3. The Bertz CT molecular complexity index is 432. The van der Waals surface area contributed by atoms with Gasteiger partial charge in [-0.2, -0.15) is 0 Å². The summed E-state index contributed by atoms with van der Waals surface area (Å²) < 4.78 is 13.3. The van der Waals surface area contributed by atoms with Crippen molar-refractivity contribution in [2.24, 2.45) is 0 Å². The number of aromatic hydroxyl groups is 1. The van der Waals surface area contributed by atoms with E-state index in [4.69, 9.17) is 16.7 Å². The predicted molar refractivity (Wildman–Crippen MR) is 58.2 cm³/mol. The van der Waals surface area contributed by atoms with E-state index in [0.717, 1.165) is 18.9 Å². The second kappa shape index (κ2) is 3.94. The van der Waals surface area contributed by atoms with Gasteiger partial charge in [-0.05, 0) is 25.0 Å². The minimum absolute atomic E-state index is 0.0748. The Morgan fingerprint density at radius 2 is 2.25 bits per heavy atom.